The fraction of sp³-hybridized carbons (Fsp3) is 0.647. The molecule has 2 saturated heterocycles. The van der Waals surface area contributed by atoms with Gasteiger partial charge in [-0.15, -0.1) is 24.8 Å². The number of piperidine rings is 2. The fourth-order valence-electron chi connectivity index (χ4n) is 3.74. The molecule has 0 aromatic heterocycles. The molecule has 2 nitrogen and oxygen atoms in total. The van der Waals surface area contributed by atoms with Crippen LogP contribution in [0.15, 0.2) is 30.3 Å². The molecule has 0 atom stereocenters. The molecule has 2 heterocycles. The van der Waals surface area contributed by atoms with E-state index in [0.717, 1.165) is 18.4 Å². The van der Waals surface area contributed by atoms with Crippen LogP contribution in [0.4, 0.5) is 0 Å². The highest BCUT2D eigenvalue weighted by Crippen LogP contribution is 2.31. The Bertz CT molecular complexity index is 372. The minimum absolute atomic E-state index is 0. The lowest BCUT2D eigenvalue weighted by atomic mass is 9.79. The molecule has 0 radical (unpaired) electrons. The number of hydrogen-bond donors (Lipinski definition) is 1. The van der Waals surface area contributed by atoms with Crippen molar-refractivity contribution in [2.45, 2.75) is 32.2 Å². The third kappa shape index (κ3) is 5.45. The van der Waals surface area contributed by atoms with Crippen molar-refractivity contribution in [1.82, 2.24) is 10.2 Å². The van der Waals surface area contributed by atoms with E-state index in [9.17, 15) is 0 Å². The van der Waals surface area contributed by atoms with Crippen LogP contribution in [-0.2, 0) is 6.54 Å². The summed E-state index contributed by atoms with van der Waals surface area (Å²) in [5.74, 6) is 1.99. The summed E-state index contributed by atoms with van der Waals surface area (Å²) in [7, 11) is 0. The smallest absolute Gasteiger partial charge is 0.0233 e. The molecule has 1 N–H and O–H groups in total. The molecule has 2 aliphatic rings. The number of nitrogens with one attached hydrogen (secondary N) is 1. The summed E-state index contributed by atoms with van der Waals surface area (Å²) >= 11 is 0. The van der Waals surface area contributed by atoms with Gasteiger partial charge in [-0.05, 0) is 69.3 Å². The third-order valence-corrected chi connectivity index (χ3v) is 4.93. The van der Waals surface area contributed by atoms with Crippen molar-refractivity contribution in [2.24, 2.45) is 11.8 Å². The Labute approximate surface area is 141 Å². The normalized spacial score (nSPS) is 21.3. The van der Waals surface area contributed by atoms with E-state index in [0.29, 0.717) is 0 Å². The maximum atomic E-state index is 3.48. The van der Waals surface area contributed by atoms with Crippen molar-refractivity contribution < 1.29 is 0 Å². The highest BCUT2D eigenvalue weighted by molar-refractivity contribution is 5.85. The van der Waals surface area contributed by atoms with E-state index in [1.54, 1.807) is 0 Å². The second-order valence-corrected chi connectivity index (χ2v) is 6.19. The van der Waals surface area contributed by atoms with E-state index in [2.05, 4.69) is 40.5 Å². The molecule has 4 heteroatoms. The number of nitrogens with zero attached hydrogens (tertiary/aromatic N) is 1. The Morgan fingerprint density at radius 1 is 0.857 bits per heavy atom. The summed E-state index contributed by atoms with van der Waals surface area (Å²) in [5, 5.41) is 3.48. The molecule has 3 rings (SSSR count). The van der Waals surface area contributed by atoms with Crippen LogP contribution in [0.2, 0.25) is 0 Å². The van der Waals surface area contributed by atoms with Crippen molar-refractivity contribution in [3.63, 3.8) is 0 Å². The van der Waals surface area contributed by atoms with Gasteiger partial charge in [-0.3, -0.25) is 4.90 Å². The first-order valence-corrected chi connectivity index (χ1v) is 7.89. The molecule has 1 aromatic carbocycles. The lowest BCUT2D eigenvalue weighted by Crippen LogP contribution is -2.39. The van der Waals surface area contributed by atoms with E-state index in [1.807, 2.05) is 0 Å². The predicted octanol–water partition coefficient (Wildman–Crippen LogP) is 3.74. The summed E-state index contributed by atoms with van der Waals surface area (Å²) in [6, 6.07) is 10.9. The van der Waals surface area contributed by atoms with Crippen LogP contribution in [0.1, 0.15) is 31.2 Å². The molecule has 1 aromatic rings. The Morgan fingerprint density at radius 2 is 1.43 bits per heavy atom. The number of likely N-dealkylation sites (tertiary alicyclic amines) is 1. The Balaban J connectivity index is 0.00000110. The highest BCUT2D eigenvalue weighted by atomic mass is 35.5. The maximum absolute atomic E-state index is 3.48. The predicted molar refractivity (Wildman–Crippen MR) is 94.5 cm³/mol. The van der Waals surface area contributed by atoms with Gasteiger partial charge in [0, 0.05) is 6.54 Å². The lowest BCUT2D eigenvalue weighted by molar-refractivity contribution is 0.126. The Kier molecular flexibility index (Phi) is 8.65. The number of rotatable bonds is 3. The quantitative estimate of drug-likeness (QED) is 0.908. The van der Waals surface area contributed by atoms with Gasteiger partial charge in [0.05, 0.1) is 0 Å². The summed E-state index contributed by atoms with van der Waals surface area (Å²) in [6.07, 6.45) is 5.64. The number of benzene rings is 1. The van der Waals surface area contributed by atoms with Crippen molar-refractivity contribution in [3.05, 3.63) is 35.9 Å². The zero-order chi connectivity index (χ0) is 12.9. The highest BCUT2D eigenvalue weighted by Gasteiger charge is 2.27. The Hall–Kier alpha value is -0.280. The van der Waals surface area contributed by atoms with Gasteiger partial charge in [0.25, 0.3) is 0 Å². The standard InChI is InChI=1S/C17H26N2.2ClH/c1-2-4-15(5-3-1)14-19-12-8-17(9-13-19)16-6-10-18-11-7-16;;/h1-5,16-18H,6-14H2;2*1H. The molecule has 2 aliphatic heterocycles. The number of halogens is 2. The first kappa shape index (κ1) is 18.8. The van der Waals surface area contributed by atoms with E-state index in [4.69, 9.17) is 0 Å². The van der Waals surface area contributed by atoms with Crippen LogP contribution in [-0.4, -0.2) is 31.1 Å². The van der Waals surface area contributed by atoms with Crippen molar-refractivity contribution in [2.75, 3.05) is 26.2 Å². The van der Waals surface area contributed by atoms with E-state index in [-0.39, 0.29) is 24.8 Å². The van der Waals surface area contributed by atoms with Gasteiger partial charge in [-0.2, -0.15) is 0 Å². The van der Waals surface area contributed by atoms with Crippen LogP contribution in [0.25, 0.3) is 0 Å². The number of hydrogen-bond acceptors (Lipinski definition) is 2. The molecule has 0 saturated carbocycles. The second kappa shape index (κ2) is 9.68. The summed E-state index contributed by atoms with van der Waals surface area (Å²) in [4.78, 5) is 2.63. The molecular weight excluding hydrogens is 303 g/mol. The second-order valence-electron chi connectivity index (χ2n) is 6.19. The molecule has 0 aliphatic carbocycles. The first-order valence-electron chi connectivity index (χ1n) is 7.89. The average Bonchev–Trinajstić information content (AvgIpc) is 2.50. The molecular formula is C17H28Cl2N2. The average molecular weight is 331 g/mol. The molecule has 120 valence electrons. The summed E-state index contributed by atoms with van der Waals surface area (Å²) in [5.41, 5.74) is 1.46. The van der Waals surface area contributed by atoms with Crippen molar-refractivity contribution in [1.29, 1.82) is 0 Å². The maximum Gasteiger partial charge on any atom is 0.0233 e. The molecule has 0 unspecified atom stereocenters. The van der Waals surface area contributed by atoms with E-state index in [1.165, 1.54) is 57.4 Å². The minimum atomic E-state index is 0. The van der Waals surface area contributed by atoms with Crippen LogP contribution in [0.5, 0.6) is 0 Å². The molecule has 0 bridgehead atoms. The molecule has 0 spiro atoms. The largest absolute Gasteiger partial charge is 0.317 e. The first-order chi connectivity index (χ1) is 9.42. The SMILES string of the molecule is Cl.Cl.c1ccc(CN2CCC(C3CCNCC3)CC2)cc1. The van der Waals surface area contributed by atoms with E-state index < -0.39 is 0 Å². The lowest BCUT2D eigenvalue weighted by Gasteiger charge is -2.37. The van der Waals surface area contributed by atoms with Gasteiger partial charge in [-0.25, -0.2) is 0 Å². The van der Waals surface area contributed by atoms with Gasteiger partial charge in [0.2, 0.25) is 0 Å². The van der Waals surface area contributed by atoms with Gasteiger partial charge < -0.3 is 5.32 Å². The summed E-state index contributed by atoms with van der Waals surface area (Å²) in [6.45, 7) is 6.22. The molecule has 21 heavy (non-hydrogen) atoms. The van der Waals surface area contributed by atoms with Crippen molar-refractivity contribution in [3.8, 4) is 0 Å². The van der Waals surface area contributed by atoms with Crippen LogP contribution in [0, 0.1) is 11.8 Å². The van der Waals surface area contributed by atoms with Crippen LogP contribution >= 0.6 is 24.8 Å². The topological polar surface area (TPSA) is 15.3 Å². The zero-order valence-corrected chi connectivity index (χ0v) is 14.3. The summed E-state index contributed by atoms with van der Waals surface area (Å²) < 4.78 is 0. The fourth-order valence-corrected chi connectivity index (χ4v) is 3.74. The minimum Gasteiger partial charge on any atom is -0.317 e. The van der Waals surface area contributed by atoms with Gasteiger partial charge in [0.1, 0.15) is 0 Å². The van der Waals surface area contributed by atoms with Gasteiger partial charge >= 0.3 is 0 Å². The van der Waals surface area contributed by atoms with E-state index >= 15 is 0 Å². The molecule has 2 fully saturated rings. The van der Waals surface area contributed by atoms with Crippen molar-refractivity contribution >= 4 is 24.8 Å². The zero-order valence-electron chi connectivity index (χ0n) is 12.7. The monoisotopic (exact) mass is 330 g/mol. The van der Waals surface area contributed by atoms with Gasteiger partial charge in [0.15, 0.2) is 0 Å². The van der Waals surface area contributed by atoms with Gasteiger partial charge in [-0.1, -0.05) is 30.3 Å². The molecule has 0 amide bonds. The van der Waals surface area contributed by atoms with Crippen LogP contribution in [0.3, 0.4) is 0 Å². The van der Waals surface area contributed by atoms with Crippen LogP contribution < -0.4 is 5.32 Å². The Morgan fingerprint density at radius 3 is 2.05 bits per heavy atom. The third-order valence-electron chi connectivity index (χ3n) is 4.93.